The largest absolute Gasteiger partial charge is 0.310 e. The van der Waals surface area contributed by atoms with Gasteiger partial charge in [0.15, 0.2) is 0 Å². The summed E-state index contributed by atoms with van der Waals surface area (Å²) in [6, 6.07) is 80.4. The molecular formula is C57H39N. The fraction of sp³-hybridized carbons (Fsp3) is 0.0175. The molecule has 1 heteroatoms. The second-order valence-electron chi connectivity index (χ2n) is 15.4. The highest BCUT2D eigenvalue weighted by molar-refractivity contribution is 6.33. The van der Waals surface area contributed by atoms with Crippen LogP contribution in [0.5, 0.6) is 0 Å². The van der Waals surface area contributed by atoms with Crippen LogP contribution in [-0.2, 0) is 0 Å². The van der Waals surface area contributed by atoms with Crippen LogP contribution < -0.4 is 4.90 Å². The summed E-state index contributed by atoms with van der Waals surface area (Å²) in [5.41, 5.74) is 11.9. The first kappa shape index (κ1) is 33.8. The molecule has 11 aromatic rings. The molecular weight excluding hydrogens is 699 g/mol. The minimum atomic E-state index is 1.11. The predicted molar refractivity (Wildman–Crippen MR) is 250 cm³/mol. The van der Waals surface area contributed by atoms with E-state index in [2.05, 4.69) is 230 Å². The van der Waals surface area contributed by atoms with E-state index < -0.39 is 0 Å². The maximum atomic E-state index is 2.44. The number of hydrogen-bond acceptors (Lipinski definition) is 1. The summed E-state index contributed by atoms with van der Waals surface area (Å²) in [6.45, 7) is 2.17. The molecule has 0 aliphatic rings. The Morgan fingerprint density at radius 2 is 0.776 bits per heavy atom. The molecule has 272 valence electrons. The molecule has 0 saturated carbocycles. The van der Waals surface area contributed by atoms with E-state index in [0.717, 1.165) is 17.1 Å². The number of benzene rings is 11. The number of nitrogens with zero attached hydrogens (tertiary/aromatic N) is 1. The van der Waals surface area contributed by atoms with Gasteiger partial charge in [-0.2, -0.15) is 0 Å². The summed E-state index contributed by atoms with van der Waals surface area (Å²) in [4.78, 5) is 2.42. The van der Waals surface area contributed by atoms with E-state index in [9.17, 15) is 0 Å². The van der Waals surface area contributed by atoms with Gasteiger partial charge in [-0.25, -0.2) is 0 Å². The van der Waals surface area contributed by atoms with Crippen LogP contribution in [0.2, 0.25) is 0 Å². The van der Waals surface area contributed by atoms with Crippen molar-refractivity contribution in [3.63, 3.8) is 0 Å². The summed E-state index contributed by atoms with van der Waals surface area (Å²) < 4.78 is 0. The topological polar surface area (TPSA) is 3.24 Å². The minimum Gasteiger partial charge on any atom is -0.310 e. The molecule has 11 rings (SSSR count). The van der Waals surface area contributed by atoms with E-state index in [4.69, 9.17) is 0 Å². The molecule has 0 amide bonds. The van der Waals surface area contributed by atoms with Crippen LogP contribution in [0.25, 0.3) is 87.2 Å². The third-order valence-electron chi connectivity index (χ3n) is 11.8. The van der Waals surface area contributed by atoms with Crippen LogP contribution in [0.3, 0.4) is 0 Å². The zero-order valence-corrected chi connectivity index (χ0v) is 32.2. The predicted octanol–water partition coefficient (Wildman–Crippen LogP) is 16.2. The third-order valence-corrected chi connectivity index (χ3v) is 11.8. The number of anilines is 3. The molecule has 0 saturated heterocycles. The average Bonchev–Trinajstić information content (AvgIpc) is 3.29. The van der Waals surface area contributed by atoms with Crippen molar-refractivity contribution in [3.05, 3.63) is 224 Å². The van der Waals surface area contributed by atoms with Crippen LogP contribution in [0.1, 0.15) is 5.56 Å². The molecule has 0 unspecified atom stereocenters. The Morgan fingerprint density at radius 3 is 1.40 bits per heavy atom. The fourth-order valence-electron chi connectivity index (χ4n) is 9.07. The van der Waals surface area contributed by atoms with Crippen molar-refractivity contribution in [2.75, 3.05) is 4.90 Å². The molecule has 0 atom stereocenters. The molecule has 0 fully saturated rings. The van der Waals surface area contributed by atoms with Crippen molar-refractivity contribution in [1.29, 1.82) is 0 Å². The highest BCUT2D eigenvalue weighted by atomic mass is 15.1. The zero-order valence-electron chi connectivity index (χ0n) is 32.2. The zero-order chi connectivity index (χ0) is 38.6. The smallest absolute Gasteiger partial charge is 0.0468 e. The summed E-state index contributed by atoms with van der Waals surface area (Å²) in [6.07, 6.45) is 0. The molecule has 0 spiro atoms. The number of rotatable bonds is 6. The van der Waals surface area contributed by atoms with Gasteiger partial charge in [0.05, 0.1) is 0 Å². The Labute approximate surface area is 338 Å². The highest BCUT2D eigenvalue weighted by Crippen LogP contribution is 2.50. The standard InChI is InChI=1S/C57H39N/c1-38-24-26-43(27-25-38)55-52(41-16-4-2-5-17-41)37-53(42-18-6-3-7-19-42)56-50-23-13-12-22-49(50)54-36-48(32-33-51(54)57(55)56)58(46-30-28-39-14-8-10-20-44(39)34-46)47-31-29-40-15-9-11-21-45(40)35-47/h2-37H,1H3. The van der Waals surface area contributed by atoms with Gasteiger partial charge in [0.25, 0.3) is 0 Å². The van der Waals surface area contributed by atoms with Crippen molar-refractivity contribution in [2.45, 2.75) is 6.92 Å². The Bertz CT molecular complexity index is 3250. The Balaban J connectivity index is 1.28. The van der Waals surface area contributed by atoms with Gasteiger partial charge in [0.2, 0.25) is 0 Å². The molecule has 0 bridgehead atoms. The van der Waals surface area contributed by atoms with E-state index >= 15 is 0 Å². The second-order valence-corrected chi connectivity index (χ2v) is 15.4. The fourth-order valence-corrected chi connectivity index (χ4v) is 9.07. The average molecular weight is 738 g/mol. The van der Waals surface area contributed by atoms with Crippen LogP contribution in [0.15, 0.2) is 218 Å². The minimum absolute atomic E-state index is 1.11. The third kappa shape index (κ3) is 5.71. The Morgan fingerprint density at radius 1 is 0.293 bits per heavy atom. The van der Waals surface area contributed by atoms with Gasteiger partial charge < -0.3 is 4.90 Å². The van der Waals surface area contributed by atoms with Crippen molar-refractivity contribution >= 4 is 70.9 Å². The molecule has 0 aliphatic heterocycles. The van der Waals surface area contributed by atoms with E-state index in [0.29, 0.717) is 0 Å². The van der Waals surface area contributed by atoms with E-state index in [1.807, 2.05) is 0 Å². The van der Waals surface area contributed by atoms with Crippen LogP contribution in [0.4, 0.5) is 17.1 Å². The maximum absolute atomic E-state index is 2.44. The molecule has 0 radical (unpaired) electrons. The summed E-state index contributed by atoms with van der Waals surface area (Å²) >= 11 is 0. The van der Waals surface area contributed by atoms with Crippen LogP contribution in [0, 0.1) is 6.92 Å². The lowest BCUT2D eigenvalue weighted by Gasteiger charge is -2.27. The first-order valence-corrected chi connectivity index (χ1v) is 20.1. The molecule has 0 N–H and O–H groups in total. The highest BCUT2D eigenvalue weighted by Gasteiger charge is 2.23. The lowest BCUT2D eigenvalue weighted by molar-refractivity contribution is 1.30. The van der Waals surface area contributed by atoms with Gasteiger partial charge in [-0.1, -0.05) is 181 Å². The molecule has 11 aromatic carbocycles. The van der Waals surface area contributed by atoms with E-state index in [-0.39, 0.29) is 0 Å². The molecule has 0 aromatic heterocycles. The number of aryl methyl sites for hydroxylation is 1. The van der Waals surface area contributed by atoms with Crippen molar-refractivity contribution in [3.8, 4) is 33.4 Å². The van der Waals surface area contributed by atoms with Crippen LogP contribution >= 0.6 is 0 Å². The van der Waals surface area contributed by atoms with Crippen molar-refractivity contribution < 1.29 is 0 Å². The maximum Gasteiger partial charge on any atom is 0.0468 e. The van der Waals surface area contributed by atoms with Crippen molar-refractivity contribution in [2.24, 2.45) is 0 Å². The van der Waals surface area contributed by atoms with Gasteiger partial charge in [-0.05, 0) is 137 Å². The quantitative estimate of drug-likeness (QED) is 0.154. The molecule has 58 heavy (non-hydrogen) atoms. The van der Waals surface area contributed by atoms with Gasteiger partial charge in [0, 0.05) is 17.1 Å². The van der Waals surface area contributed by atoms with Gasteiger partial charge in [-0.15, -0.1) is 0 Å². The van der Waals surface area contributed by atoms with Crippen molar-refractivity contribution in [1.82, 2.24) is 0 Å². The summed E-state index contributed by atoms with van der Waals surface area (Å²) in [5, 5.41) is 12.4. The SMILES string of the molecule is Cc1ccc(-c2c(-c3ccccc3)cc(-c3ccccc3)c3c4ccccc4c4cc(N(c5ccc6ccccc6c5)c5ccc6ccccc6c5)ccc4c23)cc1. The summed E-state index contributed by atoms with van der Waals surface area (Å²) in [7, 11) is 0. The second kappa shape index (κ2) is 13.9. The van der Waals surface area contributed by atoms with E-state index in [1.165, 1.54) is 92.8 Å². The molecule has 0 heterocycles. The van der Waals surface area contributed by atoms with Gasteiger partial charge >= 0.3 is 0 Å². The van der Waals surface area contributed by atoms with E-state index in [1.54, 1.807) is 0 Å². The number of hydrogen-bond donors (Lipinski definition) is 0. The lowest BCUT2D eigenvalue weighted by Crippen LogP contribution is -2.10. The monoisotopic (exact) mass is 737 g/mol. The lowest BCUT2D eigenvalue weighted by atomic mass is 9.81. The first-order chi connectivity index (χ1) is 28.7. The first-order valence-electron chi connectivity index (χ1n) is 20.1. The van der Waals surface area contributed by atoms with Gasteiger partial charge in [-0.3, -0.25) is 0 Å². The molecule has 0 aliphatic carbocycles. The molecule has 1 nitrogen and oxygen atoms in total. The van der Waals surface area contributed by atoms with Crippen LogP contribution in [-0.4, -0.2) is 0 Å². The van der Waals surface area contributed by atoms with Gasteiger partial charge in [0.1, 0.15) is 0 Å². The normalized spacial score (nSPS) is 11.5. The Hall–Kier alpha value is -7.48. The number of fused-ring (bicyclic) bond motifs is 8. The summed E-state index contributed by atoms with van der Waals surface area (Å²) in [5.74, 6) is 0. The Kier molecular flexibility index (Phi) is 8.12.